The van der Waals surface area contributed by atoms with Crippen LogP contribution in [0.3, 0.4) is 0 Å². The van der Waals surface area contributed by atoms with Gasteiger partial charge in [-0.05, 0) is 33.1 Å². The number of ether oxygens (including phenoxy) is 1. The van der Waals surface area contributed by atoms with E-state index in [2.05, 4.69) is 31.6 Å². The molecule has 2 nitrogen and oxygen atoms in total. The second-order valence-electron chi connectivity index (χ2n) is 3.77. The van der Waals surface area contributed by atoms with Crippen LogP contribution in [0.25, 0.3) is 0 Å². The first-order valence-corrected chi connectivity index (χ1v) is 5.48. The molecule has 0 aliphatic heterocycles. The molecule has 0 amide bonds. The summed E-state index contributed by atoms with van der Waals surface area (Å²) in [4.78, 5) is 10.9. The predicted octanol–water partition coefficient (Wildman–Crippen LogP) is 3.63. The van der Waals surface area contributed by atoms with Crippen LogP contribution in [0.1, 0.15) is 46.5 Å². The fraction of sp³-hybridized carbons (Fsp3) is 0.615. The summed E-state index contributed by atoms with van der Waals surface area (Å²) in [5.41, 5.74) is 2.68. The van der Waals surface area contributed by atoms with Crippen molar-refractivity contribution in [3.8, 4) is 0 Å². The fourth-order valence-electron chi connectivity index (χ4n) is 1.13. The van der Waals surface area contributed by atoms with E-state index in [0.717, 1.165) is 19.3 Å². The second-order valence-corrected chi connectivity index (χ2v) is 3.77. The number of hydrogen-bond acceptors (Lipinski definition) is 2. The number of hydrogen-bond donors (Lipinski definition) is 0. The lowest BCUT2D eigenvalue weighted by Crippen LogP contribution is -1.97. The summed E-state index contributed by atoms with van der Waals surface area (Å²) in [6, 6.07) is 0. The molecule has 0 fully saturated rings. The Morgan fingerprint density at radius 1 is 1.20 bits per heavy atom. The molecule has 0 aliphatic carbocycles. The van der Waals surface area contributed by atoms with Gasteiger partial charge in [-0.15, -0.1) is 0 Å². The van der Waals surface area contributed by atoms with E-state index in [-0.39, 0.29) is 5.97 Å². The van der Waals surface area contributed by atoms with Gasteiger partial charge in [0.2, 0.25) is 0 Å². The Morgan fingerprint density at radius 2 is 1.87 bits per heavy atom. The molecular formula is C13H22O2. The molecule has 0 heterocycles. The highest BCUT2D eigenvalue weighted by atomic mass is 16.5. The molecule has 0 saturated heterocycles. The van der Waals surface area contributed by atoms with Gasteiger partial charge >= 0.3 is 5.97 Å². The SMILES string of the molecule is CC/C(C)=C/CC/C(C)=C/CC(=O)OC. The summed E-state index contributed by atoms with van der Waals surface area (Å²) in [5, 5.41) is 0. The van der Waals surface area contributed by atoms with Gasteiger partial charge < -0.3 is 4.74 Å². The molecule has 0 radical (unpaired) electrons. The molecule has 0 saturated carbocycles. The summed E-state index contributed by atoms with van der Waals surface area (Å²) in [5.74, 6) is -0.172. The van der Waals surface area contributed by atoms with Gasteiger partial charge in [-0.1, -0.05) is 30.2 Å². The standard InChI is InChI=1S/C13H22O2/c1-5-11(2)7-6-8-12(3)9-10-13(14)15-4/h7,9H,5-6,8,10H2,1-4H3/b11-7+,12-9+. The first kappa shape index (κ1) is 13.9. The zero-order valence-corrected chi connectivity index (χ0v) is 10.3. The Labute approximate surface area is 93.0 Å². The van der Waals surface area contributed by atoms with Crippen LogP contribution < -0.4 is 0 Å². The molecule has 86 valence electrons. The van der Waals surface area contributed by atoms with Gasteiger partial charge in [0, 0.05) is 0 Å². The smallest absolute Gasteiger partial charge is 0.309 e. The quantitative estimate of drug-likeness (QED) is 0.494. The van der Waals surface area contributed by atoms with Gasteiger partial charge in [-0.25, -0.2) is 0 Å². The lowest BCUT2D eigenvalue weighted by molar-refractivity contribution is -0.139. The molecular weight excluding hydrogens is 188 g/mol. The van der Waals surface area contributed by atoms with Crippen LogP contribution in [0.4, 0.5) is 0 Å². The van der Waals surface area contributed by atoms with Gasteiger partial charge in [0.05, 0.1) is 13.5 Å². The van der Waals surface area contributed by atoms with E-state index in [1.165, 1.54) is 18.3 Å². The minimum absolute atomic E-state index is 0.172. The molecule has 0 aromatic heterocycles. The Morgan fingerprint density at radius 3 is 2.40 bits per heavy atom. The van der Waals surface area contributed by atoms with Gasteiger partial charge in [-0.3, -0.25) is 4.79 Å². The minimum atomic E-state index is -0.172. The van der Waals surface area contributed by atoms with Gasteiger partial charge in [0.1, 0.15) is 0 Å². The van der Waals surface area contributed by atoms with E-state index in [1.807, 2.05) is 6.08 Å². The molecule has 0 atom stereocenters. The third-order valence-electron chi connectivity index (χ3n) is 2.43. The molecule has 0 N–H and O–H groups in total. The summed E-state index contributed by atoms with van der Waals surface area (Å²) in [6.07, 6.45) is 7.79. The number of rotatable bonds is 6. The average Bonchev–Trinajstić information content (AvgIpc) is 2.25. The van der Waals surface area contributed by atoms with Crippen LogP contribution in [-0.2, 0) is 9.53 Å². The first-order chi connectivity index (χ1) is 7.10. The van der Waals surface area contributed by atoms with E-state index < -0.39 is 0 Å². The number of esters is 1. The van der Waals surface area contributed by atoms with Crippen molar-refractivity contribution in [2.75, 3.05) is 7.11 Å². The molecule has 0 unspecified atom stereocenters. The normalized spacial score (nSPS) is 12.8. The Balaban J connectivity index is 3.83. The van der Waals surface area contributed by atoms with Crippen molar-refractivity contribution >= 4 is 5.97 Å². The van der Waals surface area contributed by atoms with Crippen molar-refractivity contribution in [1.82, 2.24) is 0 Å². The zero-order valence-electron chi connectivity index (χ0n) is 10.3. The number of carbonyl (C=O) groups excluding carboxylic acids is 1. The maximum Gasteiger partial charge on any atom is 0.309 e. The monoisotopic (exact) mass is 210 g/mol. The van der Waals surface area contributed by atoms with Crippen LogP contribution in [0, 0.1) is 0 Å². The van der Waals surface area contributed by atoms with Crippen LogP contribution in [0.15, 0.2) is 23.3 Å². The van der Waals surface area contributed by atoms with Gasteiger partial charge in [0.25, 0.3) is 0 Å². The summed E-state index contributed by atoms with van der Waals surface area (Å²) in [6.45, 7) is 6.36. The second kappa shape index (κ2) is 8.27. The number of carbonyl (C=O) groups is 1. The number of methoxy groups -OCH3 is 1. The van der Waals surface area contributed by atoms with Crippen LogP contribution >= 0.6 is 0 Å². The molecule has 0 rings (SSSR count). The Kier molecular flexibility index (Phi) is 7.69. The topological polar surface area (TPSA) is 26.3 Å². The highest BCUT2D eigenvalue weighted by Gasteiger charge is 1.96. The van der Waals surface area contributed by atoms with Crippen molar-refractivity contribution < 1.29 is 9.53 Å². The molecule has 0 spiro atoms. The third-order valence-corrected chi connectivity index (χ3v) is 2.43. The van der Waals surface area contributed by atoms with Crippen molar-refractivity contribution in [1.29, 1.82) is 0 Å². The largest absolute Gasteiger partial charge is 0.469 e. The van der Waals surface area contributed by atoms with Crippen molar-refractivity contribution in [3.05, 3.63) is 23.3 Å². The summed E-state index contributed by atoms with van der Waals surface area (Å²) >= 11 is 0. The third kappa shape index (κ3) is 7.98. The fourth-order valence-corrected chi connectivity index (χ4v) is 1.13. The van der Waals surface area contributed by atoms with Gasteiger partial charge in [0.15, 0.2) is 0 Å². The summed E-state index contributed by atoms with van der Waals surface area (Å²) in [7, 11) is 1.42. The Bertz CT molecular complexity index is 249. The van der Waals surface area contributed by atoms with Crippen molar-refractivity contribution in [3.63, 3.8) is 0 Å². The maximum atomic E-state index is 10.9. The molecule has 0 aliphatic rings. The minimum Gasteiger partial charge on any atom is -0.469 e. The lowest BCUT2D eigenvalue weighted by Gasteiger charge is -1.99. The van der Waals surface area contributed by atoms with Crippen LogP contribution in [-0.4, -0.2) is 13.1 Å². The van der Waals surface area contributed by atoms with E-state index in [1.54, 1.807) is 0 Å². The molecule has 15 heavy (non-hydrogen) atoms. The average molecular weight is 210 g/mol. The lowest BCUT2D eigenvalue weighted by atomic mass is 10.1. The van der Waals surface area contributed by atoms with E-state index in [0.29, 0.717) is 6.42 Å². The van der Waals surface area contributed by atoms with E-state index >= 15 is 0 Å². The highest BCUT2D eigenvalue weighted by molar-refractivity contribution is 5.71. The van der Waals surface area contributed by atoms with Gasteiger partial charge in [-0.2, -0.15) is 0 Å². The molecule has 0 bridgehead atoms. The van der Waals surface area contributed by atoms with Crippen molar-refractivity contribution in [2.45, 2.75) is 46.5 Å². The number of allylic oxidation sites excluding steroid dienone is 3. The summed E-state index contributed by atoms with van der Waals surface area (Å²) < 4.78 is 4.57. The van der Waals surface area contributed by atoms with E-state index in [9.17, 15) is 4.79 Å². The van der Waals surface area contributed by atoms with E-state index in [4.69, 9.17) is 0 Å². The molecule has 0 aromatic carbocycles. The first-order valence-electron chi connectivity index (χ1n) is 5.48. The Hall–Kier alpha value is -1.05. The van der Waals surface area contributed by atoms with Crippen molar-refractivity contribution in [2.24, 2.45) is 0 Å². The maximum absolute atomic E-state index is 10.9. The highest BCUT2D eigenvalue weighted by Crippen LogP contribution is 2.09. The molecule has 0 aromatic rings. The predicted molar refractivity (Wildman–Crippen MR) is 63.7 cm³/mol. The molecule has 2 heteroatoms. The zero-order chi connectivity index (χ0) is 11.7. The van der Waals surface area contributed by atoms with Crippen LogP contribution in [0.2, 0.25) is 0 Å². The van der Waals surface area contributed by atoms with Crippen LogP contribution in [0.5, 0.6) is 0 Å².